The maximum absolute atomic E-state index is 13.1. The van der Waals surface area contributed by atoms with Crippen LogP contribution in [-0.2, 0) is 9.59 Å². The summed E-state index contributed by atoms with van der Waals surface area (Å²) >= 11 is 0. The average molecular weight is 386 g/mol. The monoisotopic (exact) mass is 386 g/mol. The van der Waals surface area contributed by atoms with Crippen LogP contribution in [0, 0.1) is 5.92 Å². The summed E-state index contributed by atoms with van der Waals surface area (Å²) in [5.41, 5.74) is 1.13. The van der Waals surface area contributed by atoms with Gasteiger partial charge in [-0.3, -0.25) is 14.6 Å². The van der Waals surface area contributed by atoms with E-state index in [-0.39, 0.29) is 29.7 Å². The van der Waals surface area contributed by atoms with E-state index in [0.717, 1.165) is 18.4 Å². The first-order chi connectivity index (χ1) is 13.4. The van der Waals surface area contributed by atoms with E-state index < -0.39 is 18.2 Å². The van der Waals surface area contributed by atoms with Crippen LogP contribution in [-0.4, -0.2) is 69.0 Å². The SMILES string of the molecule is C[C@@H]1C[C@H]2CC[C@@H](C(=O)N3CC(c4cccnc4)C3)N2C(=O)[C@@H](NC(=O)O)C1. The van der Waals surface area contributed by atoms with Gasteiger partial charge in [0.2, 0.25) is 11.8 Å². The topological polar surface area (TPSA) is 103 Å². The summed E-state index contributed by atoms with van der Waals surface area (Å²) in [6.45, 7) is 3.32. The van der Waals surface area contributed by atoms with Gasteiger partial charge < -0.3 is 20.2 Å². The Kier molecular flexibility index (Phi) is 4.95. The van der Waals surface area contributed by atoms with Gasteiger partial charge in [0, 0.05) is 37.4 Å². The number of pyridine rings is 1. The minimum absolute atomic E-state index is 0.0142. The van der Waals surface area contributed by atoms with E-state index in [4.69, 9.17) is 5.11 Å². The number of rotatable bonds is 3. The zero-order chi connectivity index (χ0) is 19.8. The highest BCUT2D eigenvalue weighted by Gasteiger charge is 2.48. The fraction of sp³-hybridized carbons (Fsp3) is 0.600. The molecule has 8 heteroatoms. The molecule has 4 rings (SSSR count). The Balaban J connectivity index is 1.45. The molecule has 4 atom stereocenters. The van der Waals surface area contributed by atoms with Crippen LogP contribution in [0.4, 0.5) is 4.79 Å². The van der Waals surface area contributed by atoms with Gasteiger partial charge in [-0.1, -0.05) is 13.0 Å². The summed E-state index contributed by atoms with van der Waals surface area (Å²) in [5, 5.41) is 11.4. The maximum atomic E-state index is 13.1. The molecule has 3 aliphatic rings. The van der Waals surface area contributed by atoms with Crippen molar-refractivity contribution in [1.82, 2.24) is 20.1 Å². The number of carboxylic acid groups (broad SMARTS) is 1. The highest BCUT2D eigenvalue weighted by Crippen LogP contribution is 2.36. The zero-order valence-corrected chi connectivity index (χ0v) is 16.0. The molecule has 3 saturated heterocycles. The van der Waals surface area contributed by atoms with Crippen LogP contribution in [0.25, 0.3) is 0 Å². The van der Waals surface area contributed by atoms with E-state index in [2.05, 4.69) is 10.3 Å². The lowest BCUT2D eigenvalue weighted by molar-refractivity contribution is -0.148. The number of hydrogen-bond donors (Lipinski definition) is 2. The summed E-state index contributed by atoms with van der Waals surface area (Å²) in [6.07, 6.45) is 5.10. The number of carbonyl (C=O) groups is 3. The standard InChI is InChI=1S/C20H26N4O4/c1-12-7-15-4-5-17(24(15)18(25)16(8-12)22-20(27)28)19(26)23-10-14(11-23)13-3-2-6-21-9-13/h2-3,6,9,12,14-17,22H,4-5,7-8,10-11H2,1H3,(H,27,28)/t12-,15-,16+,17+/m1/s1. The number of carbonyl (C=O) groups excluding carboxylic acids is 2. The molecule has 2 N–H and O–H groups in total. The van der Waals surface area contributed by atoms with Gasteiger partial charge in [-0.05, 0) is 43.2 Å². The van der Waals surface area contributed by atoms with Crippen molar-refractivity contribution in [2.75, 3.05) is 13.1 Å². The number of aromatic nitrogens is 1. The lowest BCUT2D eigenvalue weighted by Gasteiger charge is -2.42. The van der Waals surface area contributed by atoms with Gasteiger partial charge in [-0.15, -0.1) is 0 Å². The molecule has 0 aliphatic carbocycles. The summed E-state index contributed by atoms with van der Waals surface area (Å²) in [4.78, 5) is 44.9. The van der Waals surface area contributed by atoms with Crippen LogP contribution in [0.5, 0.6) is 0 Å². The van der Waals surface area contributed by atoms with Crippen LogP contribution in [0.1, 0.15) is 44.1 Å². The minimum atomic E-state index is -1.20. The summed E-state index contributed by atoms with van der Waals surface area (Å²) < 4.78 is 0. The van der Waals surface area contributed by atoms with Crippen LogP contribution in [0.2, 0.25) is 0 Å². The van der Waals surface area contributed by atoms with Crippen molar-refractivity contribution in [2.24, 2.45) is 5.92 Å². The molecular weight excluding hydrogens is 360 g/mol. The van der Waals surface area contributed by atoms with Crippen molar-refractivity contribution in [2.45, 2.75) is 56.7 Å². The smallest absolute Gasteiger partial charge is 0.405 e. The van der Waals surface area contributed by atoms with E-state index in [1.807, 2.05) is 30.2 Å². The Bertz CT molecular complexity index is 765. The van der Waals surface area contributed by atoms with Crippen LogP contribution in [0.15, 0.2) is 24.5 Å². The highest BCUT2D eigenvalue weighted by atomic mass is 16.4. The molecule has 3 amide bonds. The molecular formula is C20H26N4O4. The molecule has 0 radical (unpaired) electrons. The molecule has 3 fully saturated rings. The van der Waals surface area contributed by atoms with E-state index in [0.29, 0.717) is 25.9 Å². The van der Waals surface area contributed by atoms with Crippen LogP contribution >= 0.6 is 0 Å². The van der Waals surface area contributed by atoms with Gasteiger partial charge in [0.05, 0.1) is 0 Å². The Morgan fingerprint density at radius 1 is 1.25 bits per heavy atom. The first kappa shape index (κ1) is 18.7. The van der Waals surface area contributed by atoms with Crippen LogP contribution in [0.3, 0.4) is 0 Å². The number of fused-ring (bicyclic) bond motifs is 1. The number of hydrogen-bond acceptors (Lipinski definition) is 4. The van der Waals surface area contributed by atoms with E-state index in [1.165, 1.54) is 0 Å². The third-order valence-electron chi connectivity index (χ3n) is 6.30. The first-order valence-corrected chi connectivity index (χ1v) is 9.94. The molecule has 28 heavy (non-hydrogen) atoms. The minimum Gasteiger partial charge on any atom is -0.465 e. The summed E-state index contributed by atoms with van der Waals surface area (Å²) in [7, 11) is 0. The second kappa shape index (κ2) is 7.41. The van der Waals surface area contributed by atoms with Gasteiger partial charge in [0.15, 0.2) is 0 Å². The molecule has 3 aliphatic heterocycles. The molecule has 0 aromatic carbocycles. The predicted molar refractivity (Wildman–Crippen MR) is 101 cm³/mol. The maximum Gasteiger partial charge on any atom is 0.405 e. The first-order valence-electron chi connectivity index (χ1n) is 9.94. The molecule has 0 spiro atoms. The average Bonchev–Trinajstić information content (AvgIpc) is 2.98. The molecule has 1 aromatic heterocycles. The zero-order valence-electron chi connectivity index (χ0n) is 16.0. The van der Waals surface area contributed by atoms with Crippen molar-refractivity contribution in [3.63, 3.8) is 0 Å². The summed E-state index contributed by atoms with van der Waals surface area (Å²) in [5.74, 6) is 0.247. The molecule has 0 bridgehead atoms. The largest absolute Gasteiger partial charge is 0.465 e. The third-order valence-corrected chi connectivity index (χ3v) is 6.30. The Morgan fingerprint density at radius 3 is 2.71 bits per heavy atom. The normalized spacial score (nSPS) is 30.4. The number of nitrogens with one attached hydrogen (secondary N) is 1. The number of amides is 3. The van der Waals surface area contributed by atoms with Gasteiger partial charge in [0.25, 0.3) is 0 Å². The Hall–Kier alpha value is -2.64. The summed E-state index contributed by atoms with van der Waals surface area (Å²) in [6, 6.07) is 2.69. The number of likely N-dealkylation sites (tertiary alicyclic amines) is 1. The predicted octanol–water partition coefficient (Wildman–Crippen LogP) is 1.43. The quantitative estimate of drug-likeness (QED) is 0.818. The van der Waals surface area contributed by atoms with Gasteiger partial charge >= 0.3 is 6.09 Å². The lowest BCUT2D eigenvalue weighted by atomic mass is 9.91. The number of nitrogens with zero attached hydrogens (tertiary/aromatic N) is 3. The fourth-order valence-corrected chi connectivity index (χ4v) is 4.90. The van der Waals surface area contributed by atoms with Crippen molar-refractivity contribution < 1.29 is 19.5 Å². The van der Waals surface area contributed by atoms with E-state index in [1.54, 1.807) is 11.1 Å². The van der Waals surface area contributed by atoms with Gasteiger partial charge in [0.1, 0.15) is 12.1 Å². The molecule has 8 nitrogen and oxygen atoms in total. The van der Waals surface area contributed by atoms with E-state index in [9.17, 15) is 14.4 Å². The molecule has 1 aromatic rings. The van der Waals surface area contributed by atoms with Crippen molar-refractivity contribution in [1.29, 1.82) is 0 Å². The van der Waals surface area contributed by atoms with Crippen molar-refractivity contribution >= 4 is 17.9 Å². The lowest BCUT2D eigenvalue weighted by Crippen LogP contribution is -2.58. The molecule has 0 saturated carbocycles. The van der Waals surface area contributed by atoms with E-state index >= 15 is 0 Å². The molecule has 0 unspecified atom stereocenters. The fourth-order valence-electron chi connectivity index (χ4n) is 4.90. The molecule has 4 heterocycles. The second-order valence-corrected chi connectivity index (χ2v) is 8.30. The Morgan fingerprint density at radius 2 is 2.04 bits per heavy atom. The van der Waals surface area contributed by atoms with Crippen molar-refractivity contribution in [3.05, 3.63) is 30.1 Å². The third kappa shape index (κ3) is 3.43. The van der Waals surface area contributed by atoms with Gasteiger partial charge in [-0.25, -0.2) is 4.79 Å². The van der Waals surface area contributed by atoms with Crippen LogP contribution < -0.4 is 5.32 Å². The second-order valence-electron chi connectivity index (χ2n) is 8.30. The highest BCUT2D eigenvalue weighted by molar-refractivity contribution is 5.92. The van der Waals surface area contributed by atoms with Gasteiger partial charge in [-0.2, -0.15) is 0 Å². The molecule has 150 valence electrons. The Labute approximate surface area is 163 Å². The van der Waals surface area contributed by atoms with Crippen molar-refractivity contribution in [3.8, 4) is 0 Å².